The van der Waals surface area contributed by atoms with Crippen molar-refractivity contribution in [3.05, 3.63) is 54.3 Å². The maximum absolute atomic E-state index is 13.2. The van der Waals surface area contributed by atoms with Gasteiger partial charge in [0.2, 0.25) is 21.9 Å². The van der Waals surface area contributed by atoms with Gasteiger partial charge in [-0.1, -0.05) is 19.1 Å². The van der Waals surface area contributed by atoms with Gasteiger partial charge in [-0.15, -0.1) is 0 Å². The average Bonchev–Trinajstić information content (AvgIpc) is 3.11. The molecule has 1 aromatic heterocycles. The van der Waals surface area contributed by atoms with Crippen LogP contribution in [0.3, 0.4) is 0 Å². The molecular weight excluding hydrogens is 419 g/mol. The van der Waals surface area contributed by atoms with Crippen LogP contribution in [0.15, 0.2) is 53.4 Å². The Kier molecular flexibility index (Phi) is 6.06. The van der Waals surface area contributed by atoms with Gasteiger partial charge in [-0.2, -0.15) is 4.31 Å². The number of carbonyl (C=O) groups excluding carboxylic acids is 1. The van der Waals surface area contributed by atoms with E-state index in [0.717, 1.165) is 29.6 Å². The molecule has 0 aliphatic carbocycles. The van der Waals surface area contributed by atoms with Crippen LogP contribution >= 0.6 is 0 Å². The van der Waals surface area contributed by atoms with Crippen LogP contribution in [0.2, 0.25) is 0 Å². The van der Waals surface area contributed by atoms with Crippen molar-refractivity contribution in [2.75, 3.05) is 18.4 Å². The van der Waals surface area contributed by atoms with Crippen molar-refractivity contribution < 1.29 is 17.6 Å². The lowest BCUT2D eigenvalue weighted by Crippen LogP contribution is -2.43. The number of carbonyl (C=O) groups is 1. The van der Waals surface area contributed by atoms with E-state index in [-0.39, 0.29) is 17.3 Å². The van der Waals surface area contributed by atoms with E-state index < -0.39 is 21.8 Å². The Balaban J connectivity index is 1.53. The summed E-state index contributed by atoms with van der Waals surface area (Å²) in [5, 5.41) is 2.92. The largest absolute Gasteiger partial charge is 0.310 e. The van der Waals surface area contributed by atoms with Crippen LogP contribution in [0, 0.1) is 11.7 Å². The number of aryl methyl sites for hydroxylation is 1. The van der Waals surface area contributed by atoms with Gasteiger partial charge in [0.25, 0.3) is 0 Å². The molecule has 1 N–H and O–H groups in total. The van der Waals surface area contributed by atoms with E-state index >= 15 is 0 Å². The molecule has 1 aliphatic rings. The summed E-state index contributed by atoms with van der Waals surface area (Å²) in [7, 11) is -3.79. The fourth-order valence-electron chi connectivity index (χ4n) is 3.96. The number of rotatable bonds is 6. The number of hydrogen-bond acceptors (Lipinski definition) is 4. The van der Waals surface area contributed by atoms with Crippen molar-refractivity contribution in [1.29, 1.82) is 0 Å². The molecule has 7 nitrogen and oxygen atoms in total. The van der Waals surface area contributed by atoms with Crippen LogP contribution in [0.1, 0.15) is 26.2 Å². The lowest BCUT2D eigenvalue weighted by molar-refractivity contribution is -0.120. The van der Waals surface area contributed by atoms with E-state index in [9.17, 15) is 17.6 Å². The van der Waals surface area contributed by atoms with Crippen LogP contribution in [0.25, 0.3) is 11.0 Å². The van der Waals surface area contributed by atoms with Gasteiger partial charge in [0.15, 0.2) is 0 Å². The van der Waals surface area contributed by atoms with Gasteiger partial charge in [0, 0.05) is 19.6 Å². The average molecular weight is 445 g/mol. The first-order valence-electron chi connectivity index (χ1n) is 10.4. The molecule has 1 fully saturated rings. The summed E-state index contributed by atoms with van der Waals surface area (Å²) >= 11 is 0. The zero-order valence-corrected chi connectivity index (χ0v) is 18.1. The van der Waals surface area contributed by atoms with Gasteiger partial charge < -0.3 is 4.57 Å². The van der Waals surface area contributed by atoms with E-state index in [1.807, 2.05) is 28.8 Å². The molecule has 9 heteroatoms. The number of aromatic nitrogens is 2. The number of imidazole rings is 1. The number of para-hydroxylation sites is 2. The minimum Gasteiger partial charge on any atom is -0.310 e. The topological polar surface area (TPSA) is 84.3 Å². The third kappa shape index (κ3) is 4.33. The smallest absolute Gasteiger partial charge is 0.243 e. The van der Waals surface area contributed by atoms with Crippen molar-refractivity contribution in [3.63, 3.8) is 0 Å². The standard InChI is InChI=1S/C22H25FN4O3S/c1-2-13-27-20-8-4-3-7-19(20)24-22(27)25-21(28)16-6-5-14-26(15-16)31(29,30)18-11-9-17(23)10-12-18/h3-4,7-12,16H,2,5-6,13-15H2,1H3,(H,24,25,28)/t16-/m0/s1. The van der Waals surface area contributed by atoms with Crippen molar-refractivity contribution >= 4 is 32.9 Å². The fourth-order valence-corrected chi connectivity index (χ4v) is 5.49. The first-order valence-corrected chi connectivity index (χ1v) is 11.9. The summed E-state index contributed by atoms with van der Waals surface area (Å²) in [5.41, 5.74) is 1.75. The lowest BCUT2D eigenvalue weighted by atomic mass is 9.99. The molecule has 1 saturated heterocycles. The molecular formula is C22H25FN4O3S. The number of amides is 1. The van der Waals surface area contributed by atoms with Gasteiger partial charge in [-0.05, 0) is 55.7 Å². The highest BCUT2D eigenvalue weighted by Gasteiger charge is 2.33. The molecule has 0 spiro atoms. The summed E-state index contributed by atoms with van der Waals surface area (Å²) < 4.78 is 42.3. The Bertz CT molecular complexity index is 1190. The van der Waals surface area contributed by atoms with E-state index in [1.165, 1.54) is 16.4 Å². The van der Waals surface area contributed by atoms with E-state index in [4.69, 9.17) is 0 Å². The van der Waals surface area contributed by atoms with Crippen LogP contribution < -0.4 is 5.32 Å². The quantitative estimate of drug-likeness (QED) is 0.629. The van der Waals surface area contributed by atoms with E-state index in [0.29, 0.717) is 31.9 Å². The predicted molar refractivity (Wildman–Crippen MR) is 117 cm³/mol. The fraction of sp³-hybridized carbons (Fsp3) is 0.364. The summed E-state index contributed by atoms with van der Waals surface area (Å²) in [6, 6.07) is 12.4. The minimum atomic E-state index is -3.79. The summed E-state index contributed by atoms with van der Waals surface area (Å²) in [6.45, 7) is 3.18. The minimum absolute atomic E-state index is 0.0275. The molecule has 1 amide bonds. The number of piperidine rings is 1. The Morgan fingerprint density at radius 2 is 1.94 bits per heavy atom. The SMILES string of the molecule is CCCn1c(NC(=O)[C@H]2CCCN(S(=O)(=O)c3ccc(F)cc3)C2)nc2ccccc21. The number of halogens is 1. The molecule has 0 bridgehead atoms. The van der Waals surface area contributed by atoms with Crippen LogP contribution in [-0.4, -0.2) is 41.3 Å². The molecule has 164 valence electrons. The number of benzene rings is 2. The van der Waals surface area contributed by atoms with E-state index in [1.54, 1.807) is 0 Å². The van der Waals surface area contributed by atoms with Crippen molar-refractivity contribution in [3.8, 4) is 0 Å². The maximum atomic E-state index is 13.2. The van der Waals surface area contributed by atoms with Crippen molar-refractivity contribution in [1.82, 2.24) is 13.9 Å². The zero-order chi connectivity index (χ0) is 22.0. The first-order chi connectivity index (χ1) is 14.9. The number of fused-ring (bicyclic) bond motifs is 1. The van der Waals surface area contributed by atoms with Crippen LogP contribution in [0.5, 0.6) is 0 Å². The summed E-state index contributed by atoms with van der Waals surface area (Å²) in [4.78, 5) is 17.6. The zero-order valence-electron chi connectivity index (χ0n) is 17.3. The predicted octanol–water partition coefficient (Wildman–Crippen LogP) is 3.62. The highest BCUT2D eigenvalue weighted by Crippen LogP contribution is 2.26. The van der Waals surface area contributed by atoms with Crippen molar-refractivity contribution in [2.45, 2.75) is 37.6 Å². The number of nitrogens with zero attached hydrogens (tertiary/aromatic N) is 3. The summed E-state index contributed by atoms with van der Waals surface area (Å²) in [5.74, 6) is -0.748. The molecule has 3 aromatic rings. The second-order valence-electron chi connectivity index (χ2n) is 7.72. The second-order valence-corrected chi connectivity index (χ2v) is 9.66. The molecule has 0 radical (unpaired) electrons. The molecule has 0 saturated carbocycles. The van der Waals surface area contributed by atoms with Gasteiger partial charge >= 0.3 is 0 Å². The first kappa shape index (κ1) is 21.5. The van der Waals surface area contributed by atoms with Crippen molar-refractivity contribution in [2.24, 2.45) is 5.92 Å². The molecule has 0 unspecified atom stereocenters. The highest BCUT2D eigenvalue weighted by molar-refractivity contribution is 7.89. The molecule has 2 heterocycles. The molecule has 1 aliphatic heterocycles. The number of nitrogens with one attached hydrogen (secondary N) is 1. The molecule has 1 atom stereocenters. The normalized spacial score (nSPS) is 17.7. The molecule has 31 heavy (non-hydrogen) atoms. The van der Waals surface area contributed by atoms with Gasteiger partial charge in [0.1, 0.15) is 5.82 Å². The maximum Gasteiger partial charge on any atom is 0.243 e. The van der Waals surface area contributed by atoms with Gasteiger partial charge in [0.05, 0.1) is 21.8 Å². The Morgan fingerprint density at radius 1 is 1.19 bits per heavy atom. The molecule has 2 aromatic carbocycles. The Labute approximate surface area is 180 Å². The number of anilines is 1. The van der Waals surface area contributed by atoms with Gasteiger partial charge in [-0.3, -0.25) is 10.1 Å². The molecule has 4 rings (SSSR count). The third-order valence-corrected chi connectivity index (χ3v) is 7.42. The Hall–Kier alpha value is -2.78. The van der Waals surface area contributed by atoms with Gasteiger partial charge in [-0.25, -0.2) is 17.8 Å². The summed E-state index contributed by atoms with van der Waals surface area (Å²) in [6.07, 6.45) is 2.05. The number of sulfonamides is 1. The van der Waals surface area contributed by atoms with Crippen LogP contribution in [-0.2, 0) is 21.4 Å². The van der Waals surface area contributed by atoms with E-state index in [2.05, 4.69) is 17.2 Å². The Morgan fingerprint density at radius 3 is 2.68 bits per heavy atom. The lowest BCUT2D eigenvalue weighted by Gasteiger charge is -2.31. The number of hydrogen-bond donors (Lipinski definition) is 1. The monoisotopic (exact) mass is 444 g/mol. The van der Waals surface area contributed by atoms with Crippen LogP contribution in [0.4, 0.5) is 10.3 Å². The second kappa shape index (κ2) is 8.76. The third-order valence-electron chi connectivity index (χ3n) is 5.54. The highest BCUT2D eigenvalue weighted by atomic mass is 32.2.